The number of aromatic nitrogens is 4. The third kappa shape index (κ3) is 3.81. The number of fused-ring (bicyclic) bond motifs is 1. The number of hydrogen-bond donors (Lipinski definition) is 1. The molecule has 0 unspecified atom stereocenters. The Balaban J connectivity index is 1.54. The highest BCUT2D eigenvalue weighted by molar-refractivity contribution is 6.02. The first-order valence-corrected chi connectivity index (χ1v) is 8.68. The number of hydrogen-bond acceptors (Lipinski definition) is 5. The van der Waals surface area contributed by atoms with Gasteiger partial charge in [-0.1, -0.05) is 6.07 Å². The Morgan fingerprint density at radius 1 is 1.18 bits per heavy atom. The monoisotopic (exact) mass is 391 g/mol. The van der Waals surface area contributed by atoms with Crippen LogP contribution in [0.2, 0.25) is 0 Å². The molecule has 1 amide bonds. The summed E-state index contributed by atoms with van der Waals surface area (Å²) in [7, 11) is 0. The number of amides is 1. The first-order chi connectivity index (χ1) is 13.4. The largest absolute Gasteiger partial charge is 0.433 e. The molecule has 0 saturated carbocycles. The molecule has 10 heteroatoms. The molecule has 0 aromatic carbocycles. The maximum Gasteiger partial charge on any atom is 0.433 e. The van der Waals surface area contributed by atoms with Crippen LogP contribution in [0.25, 0.3) is 5.65 Å². The van der Waals surface area contributed by atoms with Crippen molar-refractivity contribution in [1.29, 1.82) is 0 Å². The van der Waals surface area contributed by atoms with Crippen LogP contribution in [-0.4, -0.2) is 38.5 Å². The number of nitrogens with one attached hydrogen (secondary N) is 1. The lowest BCUT2D eigenvalue weighted by Crippen LogP contribution is -2.17. The zero-order valence-electron chi connectivity index (χ0n) is 14.6. The highest BCUT2D eigenvalue weighted by atomic mass is 19.4. The molecule has 0 atom stereocenters. The Labute approximate surface area is 157 Å². The Morgan fingerprint density at radius 3 is 2.71 bits per heavy atom. The summed E-state index contributed by atoms with van der Waals surface area (Å²) in [6, 6.07) is 3.30. The van der Waals surface area contributed by atoms with E-state index >= 15 is 0 Å². The van der Waals surface area contributed by atoms with Gasteiger partial charge in [0.15, 0.2) is 5.65 Å². The summed E-state index contributed by atoms with van der Waals surface area (Å²) in [5.41, 5.74) is 0.463. The maximum absolute atomic E-state index is 12.8. The molecule has 3 aromatic rings. The number of rotatable bonds is 3. The van der Waals surface area contributed by atoms with Gasteiger partial charge in [0.25, 0.3) is 5.91 Å². The van der Waals surface area contributed by atoms with E-state index in [1.54, 1.807) is 4.40 Å². The van der Waals surface area contributed by atoms with E-state index in [-0.39, 0.29) is 11.5 Å². The number of halogens is 3. The van der Waals surface area contributed by atoms with Gasteiger partial charge in [0.05, 0.1) is 11.9 Å². The molecule has 7 nitrogen and oxygen atoms in total. The number of alkyl halides is 3. The van der Waals surface area contributed by atoms with E-state index in [2.05, 4.69) is 20.3 Å². The molecule has 1 saturated heterocycles. The third-order valence-electron chi connectivity index (χ3n) is 4.51. The first-order valence-electron chi connectivity index (χ1n) is 8.68. The lowest BCUT2D eigenvalue weighted by atomic mass is 9.97. The van der Waals surface area contributed by atoms with Crippen molar-refractivity contribution in [3.8, 4) is 0 Å². The third-order valence-corrected chi connectivity index (χ3v) is 4.51. The van der Waals surface area contributed by atoms with E-state index < -0.39 is 17.8 Å². The van der Waals surface area contributed by atoms with E-state index in [9.17, 15) is 18.0 Å². The molecule has 1 aliphatic rings. The number of nitrogens with zero attached hydrogens (tertiary/aromatic N) is 4. The molecule has 1 N–H and O–H groups in total. The number of pyridine rings is 1. The average Bonchev–Trinajstić information content (AvgIpc) is 3.11. The van der Waals surface area contributed by atoms with E-state index in [0.29, 0.717) is 24.8 Å². The molecule has 4 heterocycles. The lowest BCUT2D eigenvalue weighted by Gasteiger charge is -2.19. The topological polar surface area (TPSA) is 81.4 Å². The highest BCUT2D eigenvalue weighted by Gasteiger charge is 2.32. The van der Waals surface area contributed by atoms with Crippen LogP contribution in [0.5, 0.6) is 0 Å². The van der Waals surface area contributed by atoms with Gasteiger partial charge in [0, 0.05) is 31.5 Å². The Bertz CT molecular complexity index is 1010. The molecular weight excluding hydrogens is 375 g/mol. The van der Waals surface area contributed by atoms with E-state index in [1.165, 1.54) is 24.5 Å². The summed E-state index contributed by atoms with van der Waals surface area (Å²) < 4.78 is 45.3. The SMILES string of the molecule is O=C(Nc1cccc(C(F)(F)F)n1)c1cn2cc(C3CCOCC3)nc2cn1. The summed E-state index contributed by atoms with van der Waals surface area (Å²) in [5.74, 6) is -0.564. The summed E-state index contributed by atoms with van der Waals surface area (Å²) in [4.78, 5) is 24.4. The fraction of sp³-hybridized carbons (Fsp3) is 0.333. The van der Waals surface area contributed by atoms with Crippen LogP contribution >= 0.6 is 0 Å². The van der Waals surface area contributed by atoms with Gasteiger partial charge in [-0.15, -0.1) is 0 Å². The Hall–Kier alpha value is -3.01. The molecule has 28 heavy (non-hydrogen) atoms. The van der Waals surface area contributed by atoms with Crippen molar-refractivity contribution in [3.05, 3.63) is 53.9 Å². The van der Waals surface area contributed by atoms with E-state index in [1.807, 2.05) is 6.20 Å². The Morgan fingerprint density at radius 2 is 1.96 bits per heavy atom. The van der Waals surface area contributed by atoms with E-state index in [4.69, 9.17) is 4.74 Å². The number of ether oxygens (including phenoxy) is 1. The van der Waals surface area contributed by atoms with Crippen LogP contribution in [0, 0.1) is 0 Å². The maximum atomic E-state index is 12.8. The quantitative estimate of drug-likeness (QED) is 0.741. The zero-order chi connectivity index (χ0) is 19.7. The van der Waals surface area contributed by atoms with Crippen molar-refractivity contribution >= 4 is 17.4 Å². The molecule has 4 rings (SSSR count). The second kappa shape index (κ2) is 7.19. The van der Waals surface area contributed by atoms with Gasteiger partial charge in [0.1, 0.15) is 17.2 Å². The van der Waals surface area contributed by atoms with Gasteiger partial charge in [-0.3, -0.25) is 4.79 Å². The number of anilines is 1. The molecule has 1 fully saturated rings. The summed E-state index contributed by atoms with van der Waals surface area (Å²) in [6.07, 6.45) is 1.96. The van der Waals surface area contributed by atoms with Crippen LogP contribution in [0.1, 0.15) is 40.6 Å². The van der Waals surface area contributed by atoms with Gasteiger partial charge < -0.3 is 14.5 Å². The summed E-state index contributed by atoms with van der Waals surface area (Å²) in [5, 5.41) is 2.34. The van der Waals surface area contributed by atoms with Gasteiger partial charge >= 0.3 is 6.18 Å². The molecule has 146 valence electrons. The van der Waals surface area contributed by atoms with Gasteiger partial charge in [0.2, 0.25) is 0 Å². The minimum atomic E-state index is -4.59. The number of imidazole rings is 1. The predicted octanol–water partition coefficient (Wildman–Crippen LogP) is 3.29. The minimum absolute atomic E-state index is 0.0441. The van der Waals surface area contributed by atoms with Crippen LogP contribution < -0.4 is 5.32 Å². The second-order valence-electron chi connectivity index (χ2n) is 6.45. The summed E-state index contributed by atoms with van der Waals surface area (Å²) >= 11 is 0. The summed E-state index contributed by atoms with van der Waals surface area (Å²) in [6.45, 7) is 1.38. The van der Waals surface area contributed by atoms with Crippen molar-refractivity contribution < 1.29 is 22.7 Å². The molecule has 3 aromatic heterocycles. The fourth-order valence-electron chi connectivity index (χ4n) is 3.07. The Kier molecular flexibility index (Phi) is 4.71. The van der Waals surface area contributed by atoms with Crippen molar-refractivity contribution in [1.82, 2.24) is 19.4 Å². The van der Waals surface area contributed by atoms with Crippen molar-refractivity contribution in [2.75, 3.05) is 18.5 Å². The smallest absolute Gasteiger partial charge is 0.381 e. The molecular formula is C18H16F3N5O2. The number of carbonyl (C=O) groups excluding carboxylic acids is 1. The average molecular weight is 391 g/mol. The second-order valence-corrected chi connectivity index (χ2v) is 6.45. The van der Waals surface area contributed by atoms with Crippen molar-refractivity contribution in [2.45, 2.75) is 24.9 Å². The van der Waals surface area contributed by atoms with E-state index in [0.717, 1.165) is 24.6 Å². The lowest BCUT2D eigenvalue weighted by molar-refractivity contribution is -0.141. The standard InChI is InChI=1S/C18H16F3N5O2/c19-18(20,21)14-2-1-3-15(24-14)25-17(27)13-10-26-9-12(23-16(26)8-22-13)11-4-6-28-7-5-11/h1-3,8-11H,4-7H2,(H,24,25,27). The normalized spacial score (nSPS) is 15.7. The minimum Gasteiger partial charge on any atom is -0.381 e. The predicted molar refractivity (Wildman–Crippen MR) is 93.0 cm³/mol. The van der Waals surface area contributed by atoms with Crippen LogP contribution in [0.4, 0.5) is 19.0 Å². The van der Waals surface area contributed by atoms with Gasteiger partial charge in [-0.2, -0.15) is 13.2 Å². The number of carbonyl (C=O) groups is 1. The van der Waals surface area contributed by atoms with Crippen molar-refractivity contribution in [3.63, 3.8) is 0 Å². The molecule has 0 spiro atoms. The highest BCUT2D eigenvalue weighted by Crippen LogP contribution is 2.28. The molecule has 1 aliphatic heterocycles. The fourth-order valence-corrected chi connectivity index (χ4v) is 3.07. The molecule has 0 bridgehead atoms. The molecule has 0 aliphatic carbocycles. The van der Waals surface area contributed by atoms with Crippen LogP contribution in [0.3, 0.4) is 0 Å². The van der Waals surface area contributed by atoms with Crippen molar-refractivity contribution in [2.24, 2.45) is 0 Å². The first kappa shape index (κ1) is 18.4. The van der Waals surface area contributed by atoms with Crippen LogP contribution in [0.15, 0.2) is 36.8 Å². The van der Waals surface area contributed by atoms with Gasteiger partial charge in [-0.05, 0) is 25.0 Å². The van der Waals surface area contributed by atoms with Crippen LogP contribution in [-0.2, 0) is 10.9 Å². The van der Waals surface area contributed by atoms with Gasteiger partial charge in [-0.25, -0.2) is 15.0 Å². The zero-order valence-corrected chi connectivity index (χ0v) is 14.6. The molecule has 0 radical (unpaired) electrons.